The van der Waals surface area contributed by atoms with Crippen LogP contribution in [0.1, 0.15) is 6.42 Å². The van der Waals surface area contributed by atoms with Gasteiger partial charge in [0, 0.05) is 43.3 Å². The van der Waals surface area contributed by atoms with Crippen molar-refractivity contribution in [3.8, 4) is 0 Å². The molecule has 1 aliphatic carbocycles. The lowest BCUT2D eigenvalue weighted by Gasteiger charge is -2.35. The summed E-state index contributed by atoms with van der Waals surface area (Å²) in [5.74, 6) is 0. The van der Waals surface area contributed by atoms with E-state index in [2.05, 4.69) is 29.0 Å². The zero-order valence-electron chi connectivity index (χ0n) is 9.12. The molecule has 0 aromatic carbocycles. The molecule has 15 heavy (non-hydrogen) atoms. The number of hydrogen-bond acceptors (Lipinski definition) is 2. The monoisotopic (exact) mass is 224 g/mol. The molecule has 0 radical (unpaired) electrons. The average Bonchev–Trinajstić information content (AvgIpc) is 2.44. The van der Waals surface area contributed by atoms with Crippen LogP contribution in [0.3, 0.4) is 0 Å². The first-order valence-corrected chi connectivity index (χ1v) is 5.80. The predicted molar refractivity (Wildman–Crippen MR) is 64.8 cm³/mol. The first-order chi connectivity index (χ1) is 7.25. The third-order valence-electron chi connectivity index (χ3n) is 2.95. The highest BCUT2D eigenvalue weighted by Crippen LogP contribution is 2.18. The molecule has 0 bridgehead atoms. The summed E-state index contributed by atoms with van der Waals surface area (Å²) in [5, 5.41) is 0.819. The maximum atomic E-state index is 5.95. The third kappa shape index (κ3) is 2.86. The molecule has 0 amide bonds. The van der Waals surface area contributed by atoms with Gasteiger partial charge in [-0.25, -0.2) is 0 Å². The summed E-state index contributed by atoms with van der Waals surface area (Å²) in [7, 11) is 2.18. The summed E-state index contributed by atoms with van der Waals surface area (Å²) in [4.78, 5) is 4.82. The normalized spacial score (nSPS) is 23.5. The van der Waals surface area contributed by atoms with Gasteiger partial charge in [-0.15, -0.1) is 0 Å². The van der Waals surface area contributed by atoms with E-state index >= 15 is 0 Å². The summed E-state index contributed by atoms with van der Waals surface area (Å²) >= 11 is 5.95. The first kappa shape index (κ1) is 10.8. The van der Waals surface area contributed by atoms with E-state index in [0.29, 0.717) is 0 Å². The fourth-order valence-corrected chi connectivity index (χ4v) is 2.07. The van der Waals surface area contributed by atoms with E-state index in [4.69, 9.17) is 11.6 Å². The van der Waals surface area contributed by atoms with Crippen molar-refractivity contribution in [3.05, 3.63) is 35.0 Å². The zero-order chi connectivity index (χ0) is 10.7. The Bertz CT molecular complexity index is 310. The largest absolute Gasteiger partial charge is 0.372 e. The molecular weight excluding hydrogens is 208 g/mol. The van der Waals surface area contributed by atoms with Crippen LogP contribution in [0.4, 0.5) is 0 Å². The fourth-order valence-electron chi connectivity index (χ4n) is 1.92. The molecule has 0 N–H and O–H groups in total. The second-order valence-electron chi connectivity index (χ2n) is 4.11. The molecule has 0 spiro atoms. The van der Waals surface area contributed by atoms with Gasteiger partial charge in [-0.1, -0.05) is 17.7 Å². The van der Waals surface area contributed by atoms with Crippen molar-refractivity contribution >= 4 is 11.6 Å². The van der Waals surface area contributed by atoms with E-state index in [1.54, 1.807) is 0 Å². The van der Waals surface area contributed by atoms with Crippen LogP contribution in [-0.2, 0) is 0 Å². The maximum Gasteiger partial charge on any atom is 0.0403 e. The fraction of sp³-hybridized carbons (Fsp3) is 0.500. The third-order valence-corrected chi connectivity index (χ3v) is 3.20. The number of piperazine rings is 1. The van der Waals surface area contributed by atoms with Crippen molar-refractivity contribution in [2.24, 2.45) is 0 Å². The van der Waals surface area contributed by atoms with Crippen LogP contribution in [-0.4, -0.2) is 43.0 Å². The van der Waals surface area contributed by atoms with Crippen molar-refractivity contribution in [1.82, 2.24) is 9.80 Å². The molecule has 1 fully saturated rings. The van der Waals surface area contributed by atoms with Gasteiger partial charge < -0.3 is 9.80 Å². The second-order valence-corrected chi connectivity index (χ2v) is 4.54. The molecular formula is C12H17ClN2. The number of halogens is 1. The highest BCUT2D eigenvalue weighted by atomic mass is 35.5. The summed E-state index contributed by atoms with van der Waals surface area (Å²) in [5.41, 5.74) is 1.38. The van der Waals surface area contributed by atoms with Gasteiger partial charge in [-0.05, 0) is 25.3 Å². The lowest BCUT2D eigenvalue weighted by atomic mass is 10.2. The molecule has 2 nitrogen and oxygen atoms in total. The van der Waals surface area contributed by atoms with Crippen molar-refractivity contribution in [3.63, 3.8) is 0 Å². The van der Waals surface area contributed by atoms with Crippen molar-refractivity contribution < 1.29 is 0 Å². The van der Waals surface area contributed by atoms with E-state index in [-0.39, 0.29) is 0 Å². The number of rotatable bonds is 1. The van der Waals surface area contributed by atoms with Gasteiger partial charge in [0.05, 0.1) is 0 Å². The standard InChI is InChI=1S/C12H17ClN2/c1-14-7-9-15(10-8-14)12-4-2-3-11(13)5-6-12/h2-3,5-6H,4,7-10H2,1H3. The second kappa shape index (κ2) is 4.86. The van der Waals surface area contributed by atoms with Gasteiger partial charge in [0.1, 0.15) is 0 Å². The van der Waals surface area contributed by atoms with Crippen LogP contribution in [0.15, 0.2) is 35.0 Å². The Kier molecular flexibility index (Phi) is 3.49. The molecule has 0 aromatic rings. The minimum atomic E-state index is 0.819. The molecule has 3 heteroatoms. The SMILES string of the molecule is CN1CCN(C2=CC=C(Cl)C=CC2)CC1. The highest BCUT2D eigenvalue weighted by Gasteiger charge is 2.15. The van der Waals surface area contributed by atoms with Crippen LogP contribution >= 0.6 is 11.6 Å². The van der Waals surface area contributed by atoms with Gasteiger partial charge in [0.15, 0.2) is 0 Å². The predicted octanol–water partition coefficient (Wildman–Crippen LogP) is 2.20. The van der Waals surface area contributed by atoms with E-state index in [9.17, 15) is 0 Å². The minimum Gasteiger partial charge on any atom is -0.372 e. The average molecular weight is 225 g/mol. The molecule has 1 heterocycles. The van der Waals surface area contributed by atoms with E-state index in [0.717, 1.165) is 37.6 Å². The lowest BCUT2D eigenvalue weighted by molar-refractivity contribution is 0.184. The van der Waals surface area contributed by atoms with Crippen LogP contribution in [0.2, 0.25) is 0 Å². The first-order valence-electron chi connectivity index (χ1n) is 5.42. The molecule has 2 rings (SSSR count). The molecule has 2 aliphatic rings. The molecule has 0 unspecified atom stereocenters. The summed E-state index contributed by atoms with van der Waals surface area (Å²) < 4.78 is 0. The van der Waals surface area contributed by atoms with E-state index in [1.165, 1.54) is 5.70 Å². The quantitative estimate of drug-likeness (QED) is 0.674. The summed E-state index contributed by atoms with van der Waals surface area (Å²) in [6.07, 6.45) is 9.24. The Labute approximate surface area is 96.5 Å². The Morgan fingerprint density at radius 2 is 1.87 bits per heavy atom. The Balaban J connectivity index is 2.02. The van der Waals surface area contributed by atoms with Crippen molar-refractivity contribution in [1.29, 1.82) is 0 Å². The molecule has 82 valence electrons. The molecule has 1 saturated heterocycles. The van der Waals surface area contributed by atoms with Gasteiger partial charge in [-0.3, -0.25) is 0 Å². The Hall–Kier alpha value is -0.730. The molecule has 0 atom stereocenters. The van der Waals surface area contributed by atoms with Gasteiger partial charge in [-0.2, -0.15) is 0 Å². The number of hydrogen-bond donors (Lipinski definition) is 0. The summed E-state index contributed by atoms with van der Waals surface area (Å²) in [6, 6.07) is 0. The topological polar surface area (TPSA) is 6.48 Å². The van der Waals surface area contributed by atoms with E-state index < -0.39 is 0 Å². The number of nitrogens with zero attached hydrogens (tertiary/aromatic N) is 2. The van der Waals surface area contributed by atoms with Crippen molar-refractivity contribution in [2.45, 2.75) is 6.42 Å². The number of allylic oxidation sites excluding steroid dienone is 5. The van der Waals surface area contributed by atoms with Crippen LogP contribution in [0, 0.1) is 0 Å². The Morgan fingerprint density at radius 1 is 1.13 bits per heavy atom. The molecule has 1 aliphatic heterocycles. The van der Waals surface area contributed by atoms with E-state index in [1.807, 2.05) is 12.2 Å². The zero-order valence-corrected chi connectivity index (χ0v) is 9.87. The van der Waals surface area contributed by atoms with Crippen LogP contribution in [0.25, 0.3) is 0 Å². The summed E-state index contributed by atoms with van der Waals surface area (Å²) in [6.45, 7) is 4.56. The molecule has 0 aromatic heterocycles. The maximum absolute atomic E-state index is 5.95. The smallest absolute Gasteiger partial charge is 0.0403 e. The van der Waals surface area contributed by atoms with Gasteiger partial charge >= 0.3 is 0 Å². The highest BCUT2D eigenvalue weighted by molar-refractivity contribution is 6.31. The van der Waals surface area contributed by atoms with Gasteiger partial charge in [0.25, 0.3) is 0 Å². The van der Waals surface area contributed by atoms with Gasteiger partial charge in [0.2, 0.25) is 0 Å². The Morgan fingerprint density at radius 3 is 2.60 bits per heavy atom. The van der Waals surface area contributed by atoms with Crippen molar-refractivity contribution in [2.75, 3.05) is 33.2 Å². The lowest BCUT2D eigenvalue weighted by Crippen LogP contribution is -2.43. The number of likely N-dealkylation sites (N-methyl/N-ethyl adjacent to an activating group) is 1. The van der Waals surface area contributed by atoms with Crippen LogP contribution < -0.4 is 0 Å². The minimum absolute atomic E-state index is 0.819. The molecule has 0 saturated carbocycles. The van der Waals surface area contributed by atoms with Crippen LogP contribution in [0.5, 0.6) is 0 Å².